The summed E-state index contributed by atoms with van der Waals surface area (Å²) in [6.45, 7) is 22.4. The molecule has 2 saturated heterocycles. The number of nitrogens with zero attached hydrogens (tertiary/aromatic N) is 6. The lowest BCUT2D eigenvalue weighted by Crippen LogP contribution is -2.56. The van der Waals surface area contributed by atoms with Crippen molar-refractivity contribution < 1.29 is 23.6 Å². The molecule has 13 heteroatoms. The highest BCUT2D eigenvalue weighted by Gasteiger charge is 2.37. The van der Waals surface area contributed by atoms with Gasteiger partial charge in [0.25, 0.3) is 0 Å². The summed E-state index contributed by atoms with van der Waals surface area (Å²) in [5, 5.41) is 2.97. The standard InChI is InChI=1S/C53H71N7O5Si/c1-41(61)54-47-21-14-43(15-22-47)20-27-51(63)60(40-46-18-25-49(26-19-46)58-34-32-57(33-35-58)42(2)62)50(38-44-12-10-9-11-13-44)52(64)59-30-28-56(29-31-59)39-45-16-23-48(24-17-45)55(6)36-37-65-66(7,8)53(3,4)5/h9-27,50H,28-40H2,1-8H3,(H,54,61). The summed E-state index contributed by atoms with van der Waals surface area (Å²) in [6, 6.07) is 33.4. The molecule has 6 rings (SSSR count). The Morgan fingerprint density at radius 2 is 1.35 bits per heavy atom. The van der Waals surface area contributed by atoms with Gasteiger partial charge >= 0.3 is 0 Å². The van der Waals surface area contributed by atoms with Gasteiger partial charge in [-0.1, -0.05) is 87.5 Å². The number of rotatable bonds is 17. The molecule has 1 atom stereocenters. The third-order valence-corrected chi connectivity index (χ3v) is 17.9. The normalized spacial score (nSPS) is 15.4. The Balaban J connectivity index is 1.16. The van der Waals surface area contributed by atoms with Gasteiger partial charge in [0.1, 0.15) is 6.04 Å². The van der Waals surface area contributed by atoms with Gasteiger partial charge in [0, 0.05) is 122 Å². The third kappa shape index (κ3) is 13.9. The number of nitrogens with one attached hydrogen (secondary N) is 1. The Morgan fingerprint density at radius 1 is 0.742 bits per heavy atom. The van der Waals surface area contributed by atoms with Gasteiger partial charge in [-0.05, 0) is 82.9 Å². The van der Waals surface area contributed by atoms with Crippen molar-refractivity contribution in [3.63, 3.8) is 0 Å². The second kappa shape index (κ2) is 22.6. The van der Waals surface area contributed by atoms with E-state index in [1.807, 2.05) is 64.4 Å². The van der Waals surface area contributed by atoms with Crippen LogP contribution in [0.3, 0.4) is 0 Å². The van der Waals surface area contributed by atoms with E-state index in [2.05, 4.69) is 97.3 Å². The van der Waals surface area contributed by atoms with Crippen LogP contribution in [-0.4, -0.2) is 130 Å². The van der Waals surface area contributed by atoms with E-state index in [0.29, 0.717) is 44.9 Å². The molecule has 0 radical (unpaired) electrons. The Morgan fingerprint density at radius 3 is 1.94 bits per heavy atom. The van der Waals surface area contributed by atoms with Gasteiger partial charge in [0.05, 0.1) is 6.61 Å². The van der Waals surface area contributed by atoms with Gasteiger partial charge in [0.2, 0.25) is 23.6 Å². The van der Waals surface area contributed by atoms with Gasteiger partial charge in [0.15, 0.2) is 8.32 Å². The molecule has 12 nitrogen and oxygen atoms in total. The largest absolute Gasteiger partial charge is 0.415 e. The third-order valence-electron chi connectivity index (χ3n) is 13.4. The topological polar surface area (TPSA) is 109 Å². The van der Waals surface area contributed by atoms with Crippen molar-refractivity contribution in [3.05, 3.63) is 131 Å². The molecule has 4 aromatic rings. The van der Waals surface area contributed by atoms with Gasteiger partial charge < -0.3 is 34.2 Å². The van der Waals surface area contributed by atoms with Gasteiger partial charge in [-0.15, -0.1) is 0 Å². The summed E-state index contributed by atoms with van der Waals surface area (Å²) >= 11 is 0. The molecule has 2 heterocycles. The molecule has 0 bridgehead atoms. The first-order valence-corrected chi connectivity index (χ1v) is 26.3. The number of carbonyl (C=O) groups excluding carboxylic acids is 4. The smallest absolute Gasteiger partial charge is 0.247 e. The Kier molecular flexibility index (Phi) is 17.0. The van der Waals surface area contributed by atoms with Gasteiger partial charge in [-0.25, -0.2) is 0 Å². The van der Waals surface area contributed by atoms with Crippen molar-refractivity contribution in [1.82, 2.24) is 19.6 Å². The van der Waals surface area contributed by atoms with Gasteiger partial charge in [-0.3, -0.25) is 24.1 Å². The van der Waals surface area contributed by atoms with Crippen LogP contribution in [-0.2, 0) is 43.1 Å². The predicted molar refractivity (Wildman–Crippen MR) is 270 cm³/mol. The highest BCUT2D eigenvalue weighted by Crippen LogP contribution is 2.36. The maximum atomic E-state index is 14.9. The van der Waals surface area contributed by atoms with Crippen LogP contribution in [0, 0.1) is 0 Å². The van der Waals surface area contributed by atoms with Crippen LogP contribution in [0.2, 0.25) is 18.1 Å². The average molecular weight is 914 g/mol. The molecule has 2 fully saturated rings. The zero-order chi connectivity index (χ0) is 47.4. The Bertz CT molecular complexity index is 2250. The summed E-state index contributed by atoms with van der Waals surface area (Å²) in [4.78, 5) is 65.5. The number of benzene rings is 4. The number of likely N-dealkylation sites (N-methyl/N-ethyl adjacent to an activating group) is 1. The van der Waals surface area contributed by atoms with Crippen LogP contribution in [0.1, 0.15) is 56.9 Å². The number of anilines is 3. The highest BCUT2D eigenvalue weighted by atomic mass is 28.4. The lowest BCUT2D eigenvalue weighted by atomic mass is 10.0. The molecular weight excluding hydrogens is 843 g/mol. The van der Waals surface area contributed by atoms with Crippen molar-refractivity contribution in [1.29, 1.82) is 0 Å². The second-order valence-electron chi connectivity index (χ2n) is 19.3. The molecule has 0 saturated carbocycles. The van der Waals surface area contributed by atoms with E-state index < -0.39 is 14.4 Å². The quantitative estimate of drug-likeness (QED) is 0.0847. The number of amides is 4. The van der Waals surface area contributed by atoms with Crippen LogP contribution in [0.25, 0.3) is 6.08 Å². The fraction of sp³-hybridized carbons (Fsp3) is 0.434. The molecule has 66 heavy (non-hydrogen) atoms. The monoisotopic (exact) mass is 914 g/mol. The number of hydrogen-bond donors (Lipinski definition) is 1. The van der Waals surface area contributed by atoms with E-state index in [0.717, 1.165) is 67.3 Å². The van der Waals surface area contributed by atoms with Gasteiger partial charge in [-0.2, -0.15) is 0 Å². The fourth-order valence-electron chi connectivity index (χ4n) is 8.18. The first kappa shape index (κ1) is 49.7. The van der Waals surface area contributed by atoms with E-state index in [9.17, 15) is 19.2 Å². The van der Waals surface area contributed by atoms with E-state index in [4.69, 9.17) is 4.43 Å². The molecule has 0 aliphatic carbocycles. The van der Waals surface area contributed by atoms with E-state index in [1.54, 1.807) is 36.1 Å². The minimum absolute atomic E-state index is 0.0650. The minimum atomic E-state index is -1.80. The first-order valence-electron chi connectivity index (χ1n) is 23.4. The molecule has 0 spiro atoms. The lowest BCUT2D eigenvalue weighted by molar-refractivity contribution is -0.145. The van der Waals surface area contributed by atoms with Crippen molar-refractivity contribution in [2.75, 3.05) is 87.7 Å². The zero-order valence-electron chi connectivity index (χ0n) is 40.5. The number of hydrogen-bond acceptors (Lipinski definition) is 8. The zero-order valence-corrected chi connectivity index (χ0v) is 41.5. The van der Waals surface area contributed by atoms with Crippen LogP contribution >= 0.6 is 0 Å². The van der Waals surface area contributed by atoms with E-state index >= 15 is 0 Å². The predicted octanol–water partition coefficient (Wildman–Crippen LogP) is 7.77. The van der Waals surface area contributed by atoms with Crippen LogP contribution in [0.5, 0.6) is 0 Å². The average Bonchev–Trinajstić information content (AvgIpc) is 3.30. The minimum Gasteiger partial charge on any atom is -0.415 e. The first-order chi connectivity index (χ1) is 31.5. The molecule has 4 aromatic carbocycles. The van der Waals surface area contributed by atoms with Crippen molar-refractivity contribution in [2.45, 2.75) is 78.3 Å². The molecule has 352 valence electrons. The van der Waals surface area contributed by atoms with E-state index in [-0.39, 0.29) is 35.2 Å². The van der Waals surface area contributed by atoms with Crippen molar-refractivity contribution >= 4 is 55.1 Å². The number of carbonyl (C=O) groups is 4. The lowest BCUT2D eigenvalue weighted by Gasteiger charge is -2.39. The molecule has 0 aromatic heterocycles. The second-order valence-corrected chi connectivity index (χ2v) is 24.1. The summed E-state index contributed by atoms with van der Waals surface area (Å²) in [5.41, 5.74) is 6.79. The fourth-order valence-corrected chi connectivity index (χ4v) is 9.21. The van der Waals surface area contributed by atoms with Crippen molar-refractivity contribution in [3.8, 4) is 0 Å². The number of piperazine rings is 2. The molecule has 4 amide bonds. The molecule has 2 aliphatic heterocycles. The maximum Gasteiger partial charge on any atom is 0.247 e. The van der Waals surface area contributed by atoms with Crippen molar-refractivity contribution in [2.24, 2.45) is 0 Å². The Hall–Kier alpha value is -5.76. The van der Waals surface area contributed by atoms with Crippen LogP contribution in [0.15, 0.2) is 109 Å². The van der Waals surface area contributed by atoms with E-state index in [1.165, 1.54) is 12.5 Å². The molecule has 2 aliphatic rings. The molecular formula is C53H71N7O5Si. The maximum absolute atomic E-state index is 14.9. The summed E-state index contributed by atoms with van der Waals surface area (Å²) in [6.07, 6.45) is 3.67. The SMILES string of the molecule is CC(=O)Nc1ccc(C=CC(=O)N(Cc2ccc(N3CCN(C(C)=O)CC3)cc2)C(Cc2ccccc2)C(=O)N2CCN(Cc3ccc(N(C)CCO[Si](C)(C)C(C)(C)C)cc3)CC2)cc1. The van der Waals surface area contributed by atoms with Crippen LogP contribution in [0.4, 0.5) is 17.1 Å². The molecule has 1 unspecified atom stereocenters. The summed E-state index contributed by atoms with van der Waals surface area (Å²) in [7, 11) is 0.317. The highest BCUT2D eigenvalue weighted by molar-refractivity contribution is 6.74. The Labute approximate surface area is 394 Å². The summed E-state index contributed by atoms with van der Waals surface area (Å²) in [5.74, 6) is -0.396. The van der Waals surface area contributed by atoms with Crippen LogP contribution < -0.4 is 15.1 Å². The molecule has 1 N–H and O–H groups in total. The summed E-state index contributed by atoms with van der Waals surface area (Å²) < 4.78 is 6.42.